The molecule has 3 aromatic rings. The molecule has 1 aliphatic carbocycles. The Bertz CT molecular complexity index is 1250. The molecule has 5 rings (SSSR count). The van der Waals surface area contributed by atoms with Crippen LogP contribution in [0.5, 0.6) is 5.75 Å². The number of nitrogens with one attached hydrogen (secondary N) is 2. The molecule has 0 spiro atoms. The lowest BCUT2D eigenvalue weighted by Gasteiger charge is -2.24. The van der Waals surface area contributed by atoms with Crippen molar-refractivity contribution in [1.29, 1.82) is 0 Å². The topological polar surface area (TPSA) is 80.1 Å². The van der Waals surface area contributed by atoms with Crippen LogP contribution in [0.25, 0.3) is 5.57 Å². The predicted octanol–water partition coefficient (Wildman–Crippen LogP) is 5.23. The normalized spacial score (nSPS) is 16.3. The van der Waals surface area contributed by atoms with E-state index in [-0.39, 0.29) is 6.10 Å². The number of aryl methyl sites for hydroxylation is 3. The highest BCUT2D eigenvalue weighted by Gasteiger charge is 2.26. The van der Waals surface area contributed by atoms with Crippen molar-refractivity contribution in [2.24, 2.45) is 7.05 Å². The van der Waals surface area contributed by atoms with Gasteiger partial charge in [0.05, 0.1) is 29.4 Å². The molecule has 34 heavy (non-hydrogen) atoms. The molecular formula is C25H30ClN7O. The van der Waals surface area contributed by atoms with Crippen molar-refractivity contribution in [1.82, 2.24) is 24.6 Å². The summed E-state index contributed by atoms with van der Waals surface area (Å²) in [4.78, 5) is 11.4. The Morgan fingerprint density at radius 3 is 2.62 bits per heavy atom. The van der Waals surface area contributed by atoms with Crippen LogP contribution in [-0.2, 0) is 7.05 Å². The highest BCUT2D eigenvalue weighted by molar-refractivity contribution is 6.32. The standard InChI is InChI=1S/C25H30ClN7O/c1-15-11-21(23(34-18-5-6-18)12-19(15)17-7-9-32(3)10-8-17)29-25-27-13-20(26)24(30-25)28-22-14-33(4)31-16(22)2/h7,11-14,18H,5-6,8-10H2,1-4H3,(H2,27,28,29,30). The fourth-order valence-corrected chi connectivity index (χ4v) is 4.23. The molecule has 1 aromatic carbocycles. The third-order valence-electron chi connectivity index (χ3n) is 6.16. The fourth-order valence-electron chi connectivity index (χ4n) is 4.10. The zero-order chi connectivity index (χ0) is 23.8. The van der Waals surface area contributed by atoms with Gasteiger partial charge in [-0.2, -0.15) is 10.1 Å². The maximum Gasteiger partial charge on any atom is 0.229 e. The second kappa shape index (κ2) is 9.27. The molecule has 2 aliphatic rings. The van der Waals surface area contributed by atoms with E-state index >= 15 is 0 Å². The van der Waals surface area contributed by atoms with Crippen LogP contribution in [-0.4, -0.2) is 50.9 Å². The Hall–Kier alpha value is -3.10. The van der Waals surface area contributed by atoms with Crippen LogP contribution in [0.4, 0.5) is 23.1 Å². The molecule has 2 N–H and O–H groups in total. The molecule has 1 aliphatic heterocycles. The average molecular weight is 480 g/mol. The van der Waals surface area contributed by atoms with Gasteiger partial charge >= 0.3 is 0 Å². The van der Waals surface area contributed by atoms with Gasteiger partial charge in [0, 0.05) is 26.3 Å². The summed E-state index contributed by atoms with van der Waals surface area (Å²) >= 11 is 6.38. The zero-order valence-corrected chi connectivity index (χ0v) is 20.8. The first-order chi connectivity index (χ1) is 16.4. The molecule has 3 heterocycles. The molecule has 2 aromatic heterocycles. The van der Waals surface area contributed by atoms with Crippen LogP contribution >= 0.6 is 11.6 Å². The van der Waals surface area contributed by atoms with Crippen molar-refractivity contribution in [3.63, 3.8) is 0 Å². The van der Waals surface area contributed by atoms with Gasteiger partial charge in [-0.15, -0.1) is 0 Å². The van der Waals surface area contributed by atoms with Crippen molar-refractivity contribution in [2.45, 2.75) is 39.2 Å². The summed E-state index contributed by atoms with van der Waals surface area (Å²) in [7, 11) is 4.03. The summed E-state index contributed by atoms with van der Waals surface area (Å²) in [6.45, 7) is 6.11. The molecule has 0 radical (unpaired) electrons. The SMILES string of the molecule is Cc1cc(Nc2ncc(Cl)c(Nc3cn(C)nc3C)n2)c(OC2CC2)cc1C1=CCN(C)CC1. The maximum absolute atomic E-state index is 6.38. The smallest absolute Gasteiger partial charge is 0.229 e. The van der Waals surface area contributed by atoms with E-state index in [4.69, 9.17) is 16.3 Å². The summed E-state index contributed by atoms with van der Waals surface area (Å²) in [5.41, 5.74) is 6.39. The number of hydrogen-bond acceptors (Lipinski definition) is 7. The van der Waals surface area contributed by atoms with Crippen LogP contribution < -0.4 is 15.4 Å². The number of halogens is 1. The number of likely N-dealkylation sites (N-methyl/N-ethyl adjacent to an activating group) is 1. The molecule has 8 nitrogen and oxygen atoms in total. The van der Waals surface area contributed by atoms with E-state index in [9.17, 15) is 0 Å². The van der Waals surface area contributed by atoms with Gasteiger partial charge in [-0.1, -0.05) is 17.7 Å². The molecular weight excluding hydrogens is 450 g/mol. The van der Waals surface area contributed by atoms with E-state index in [0.29, 0.717) is 16.8 Å². The molecule has 0 unspecified atom stereocenters. The third-order valence-corrected chi connectivity index (χ3v) is 6.44. The molecule has 0 amide bonds. The molecule has 178 valence electrons. The van der Waals surface area contributed by atoms with Crippen LogP contribution in [0.3, 0.4) is 0 Å². The van der Waals surface area contributed by atoms with Gasteiger partial charge in [-0.25, -0.2) is 4.98 Å². The summed E-state index contributed by atoms with van der Waals surface area (Å²) < 4.78 is 8.04. The number of anilines is 4. The van der Waals surface area contributed by atoms with Gasteiger partial charge in [0.25, 0.3) is 0 Å². The number of rotatable bonds is 7. The average Bonchev–Trinajstić information content (AvgIpc) is 3.56. The van der Waals surface area contributed by atoms with Gasteiger partial charge in [-0.05, 0) is 69.0 Å². The number of benzene rings is 1. The minimum Gasteiger partial charge on any atom is -0.488 e. The Balaban J connectivity index is 1.44. The monoisotopic (exact) mass is 479 g/mol. The maximum atomic E-state index is 6.38. The van der Waals surface area contributed by atoms with E-state index in [1.165, 1.54) is 16.7 Å². The van der Waals surface area contributed by atoms with E-state index < -0.39 is 0 Å². The van der Waals surface area contributed by atoms with Crippen molar-refractivity contribution < 1.29 is 4.74 Å². The van der Waals surface area contributed by atoms with Crippen LogP contribution in [0.15, 0.2) is 30.6 Å². The summed E-state index contributed by atoms with van der Waals surface area (Å²) in [5.74, 6) is 1.79. The lowest BCUT2D eigenvalue weighted by Crippen LogP contribution is -2.23. The van der Waals surface area contributed by atoms with Crippen molar-refractivity contribution >= 4 is 40.3 Å². The highest BCUT2D eigenvalue weighted by Crippen LogP contribution is 2.38. The molecule has 1 fully saturated rings. The Kier molecular flexibility index (Phi) is 6.18. The van der Waals surface area contributed by atoms with Crippen molar-refractivity contribution in [3.8, 4) is 5.75 Å². The minimum absolute atomic E-state index is 0.277. The number of nitrogens with zero attached hydrogens (tertiary/aromatic N) is 5. The first kappa shape index (κ1) is 22.7. The summed E-state index contributed by atoms with van der Waals surface area (Å²) in [5, 5.41) is 11.4. The Labute approximate surface area is 205 Å². The predicted molar refractivity (Wildman–Crippen MR) is 136 cm³/mol. The molecule has 9 heteroatoms. The lowest BCUT2D eigenvalue weighted by atomic mass is 9.95. The lowest BCUT2D eigenvalue weighted by molar-refractivity contribution is 0.304. The summed E-state index contributed by atoms with van der Waals surface area (Å²) in [6, 6.07) is 4.30. The third kappa shape index (κ3) is 5.03. The highest BCUT2D eigenvalue weighted by atomic mass is 35.5. The van der Waals surface area contributed by atoms with Crippen LogP contribution in [0.1, 0.15) is 36.1 Å². The minimum atomic E-state index is 0.277. The second-order valence-corrected chi connectivity index (χ2v) is 9.57. The van der Waals surface area contributed by atoms with E-state index in [2.05, 4.69) is 62.8 Å². The fraction of sp³-hybridized carbons (Fsp3) is 0.400. The first-order valence-corrected chi connectivity index (χ1v) is 12.0. The van der Waals surface area contributed by atoms with Crippen molar-refractivity contribution in [3.05, 3.63) is 52.4 Å². The second-order valence-electron chi connectivity index (χ2n) is 9.16. The molecule has 0 atom stereocenters. The Morgan fingerprint density at radius 1 is 1.12 bits per heavy atom. The van der Waals surface area contributed by atoms with Crippen LogP contribution in [0, 0.1) is 13.8 Å². The quantitative estimate of drug-likeness (QED) is 0.480. The van der Waals surface area contributed by atoms with Gasteiger partial charge < -0.3 is 20.3 Å². The van der Waals surface area contributed by atoms with Gasteiger partial charge in [0.15, 0.2) is 5.82 Å². The first-order valence-electron chi connectivity index (χ1n) is 11.6. The molecule has 0 bridgehead atoms. The number of hydrogen-bond donors (Lipinski definition) is 2. The number of ether oxygens (including phenoxy) is 1. The number of aromatic nitrogens is 4. The zero-order valence-electron chi connectivity index (χ0n) is 20.0. The van der Waals surface area contributed by atoms with Crippen molar-refractivity contribution in [2.75, 3.05) is 30.8 Å². The Morgan fingerprint density at radius 2 is 1.94 bits per heavy atom. The van der Waals surface area contributed by atoms with E-state index in [1.54, 1.807) is 10.9 Å². The van der Waals surface area contributed by atoms with E-state index in [0.717, 1.165) is 55.2 Å². The van der Waals surface area contributed by atoms with Gasteiger partial charge in [0.2, 0.25) is 5.95 Å². The van der Waals surface area contributed by atoms with Gasteiger partial charge in [0.1, 0.15) is 10.8 Å². The molecule has 1 saturated carbocycles. The van der Waals surface area contributed by atoms with Crippen LogP contribution in [0.2, 0.25) is 5.02 Å². The van der Waals surface area contributed by atoms with E-state index in [1.807, 2.05) is 20.2 Å². The summed E-state index contributed by atoms with van der Waals surface area (Å²) in [6.07, 6.45) is 9.30. The largest absolute Gasteiger partial charge is 0.488 e. The van der Waals surface area contributed by atoms with Gasteiger partial charge in [-0.3, -0.25) is 4.68 Å². The molecule has 0 saturated heterocycles.